The van der Waals surface area contributed by atoms with E-state index in [0.717, 1.165) is 0 Å². The SMILES string of the molecule is CNC(=O)[C@H](CCCCN=C(N)N)CC(=O)c1csc([C@@H]2C[C@@H](N)CN2C(=O)C2=NC3C=C(Cl)C=CC3S2)n1. The van der Waals surface area contributed by atoms with Crippen LogP contribution in [0.1, 0.15) is 53.6 Å². The second-order valence-corrected chi connectivity index (χ2v) is 12.2. The summed E-state index contributed by atoms with van der Waals surface area (Å²) in [4.78, 5) is 53.8. The summed E-state index contributed by atoms with van der Waals surface area (Å²) in [6.45, 7) is 0.852. The number of ketones is 1. The van der Waals surface area contributed by atoms with Crippen LogP contribution in [0.4, 0.5) is 0 Å². The fourth-order valence-corrected chi connectivity index (χ4v) is 7.07. The van der Waals surface area contributed by atoms with Crippen molar-refractivity contribution in [1.29, 1.82) is 0 Å². The number of Topliss-reactive ketones (excluding diaryl/α,β-unsaturated/α-hetero) is 1. The maximum Gasteiger partial charge on any atom is 0.279 e. The zero-order valence-corrected chi connectivity index (χ0v) is 24.0. The molecule has 0 spiro atoms. The molecule has 14 heteroatoms. The minimum Gasteiger partial charge on any atom is -0.370 e. The van der Waals surface area contributed by atoms with Crippen LogP contribution < -0.4 is 22.5 Å². The van der Waals surface area contributed by atoms with E-state index in [1.54, 1.807) is 17.3 Å². The largest absolute Gasteiger partial charge is 0.370 e. The van der Waals surface area contributed by atoms with Gasteiger partial charge >= 0.3 is 0 Å². The number of rotatable bonds is 11. The molecule has 1 aliphatic carbocycles. The summed E-state index contributed by atoms with van der Waals surface area (Å²) >= 11 is 8.85. The minimum absolute atomic E-state index is 0.0306. The number of allylic oxidation sites excluding steroid dienone is 2. The number of carbonyl (C=O) groups is 3. The number of nitrogens with two attached hydrogens (primary N) is 3. The van der Waals surface area contributed by atoms with Crippen molar-refractivity contribution in [3.63, 3.8) is 0 Å². The van der Waals surface area contributed by atoms with Crippen molar-refractivity contribution in [3.8, 4) is 0 Å². The Kier molecular flexibility index (Phi) is 9.81. The van der Waals surface area contributed by atoms with E-state index in [4.69, 9.17) is 28.8 Å². The molecule has 1 saturated heterocycles. The fraction of sp³-hybridized carbons (Fsp3) is 0.520. The summed E-state index contributed by atoms with van der Waals surface area (Å²) in [5.74, 6) is -1.05. The third-order valence-corrected chi connectivity index (χ3v) is 9.21. The third-order valence-electron chi connectivity index (χ3n) is 6.80. The van der Waals surface area contributed by atoms with E-state index >= 15 is 0 Å². The number of halogens is 1. The Morgan fingerprint density at radius 2 is 2.10 bits per heavy atom. The van der Waals surface area contributed by atoms with Crippen molar-refractivity contribution in [2.45, 2.75) is 55.5 Å². The Balaban J connectivity index is 1.41. The first-order valence-electron chi connectivity index (χ1n) is 12.8. The van der Waals surface area contributed by atoms with Crippen LogP contribution in [0.2, 0.25) is 0 Å². The number of hydrogen-bond donors (Lipinski definition) is 4. The van der Waals surface area contributed by atoms with Gasteiger partial charge in [0.05, 0.1) is 17.3 Å². The molecular formula is C25H33ClN8O3S2. The number of hydrogen-bond acceptors (Lipinski definition) is 9. The molecule has 1 fully saturated rings. The zero-order valence-electron chi connectivity index (χ0n) is 21.6. The molecule has 0 saturated carbocycles. The highest BCUT2D eigenvalue weighted by Crippen LogP contribution is 2.38. The van der Waals surface area contributed by atoms with Crippen LogP contribution in [0.25, 0.3) is 0 Å². The Hall–Kier alpha value is -2.74. The van der Waals surface area contributed by atoms with Gasteiger partial charge in [0, 0.05) is 48.9 Å². The number of thiazole rings is 1. The number of aromatic nitrogens is 1. The smallest absolute Gasteiger partial charge is 0.279 e. The normalized spacial score (nSPS) is 24.5. The highest BCUT2D eigenvalue weighted by Gasteiger charge is 2.41. The van der Waals surface area contributed by atoms with E-state index in [0.29, 0.717) is 59.6 Å². The van der Waals surface area contributed by atoms with Gasteiger partial charge < -0.3 is 27.4 Å². The average molecular weight is 593 g/mol. The number of carbonyl (C=O) groups excluding carboxylic acids is 3. The first-order chi connectivity index (χ1) is 18.7. The Bertz CT molecular complexity index is 1230. The van der Waals surface area contributed by atoms with E-state index < -0.39 is 5.92 Å². The number of amides is 2. The number of likely N-dealkylation sites (tertiary alicyclic amines) is 1. The molecule has 0 aromatic carbocycles. The minimum atomic E-state index is -0.484. The van der Waals surface area contributed by atoms with Gasteiger partial charge in [-0.25, -0.2) is 4.98 Å². The lowest BCUT2D eigenvalue weighted by molar-refractivity contribution is -0.125. The lowest BCUT2D eigenvalue weighted by Gasteiger charge is -2.22. The van der Waals surface area contributed by atoms with Crippen LogP contribution in [0.5, 0.6) is 0 Å². The van der Waals surface area contributed by atoms with Gasteiger partial charge in [-0.05, 0) is 31.4 Å². The second-order valence-electron chi connectivity index (χ2n) is 9.70. The van der Waals surface area contributed by atoms with Gasteiger partial charge in [-0.3, -0.25) is 24.4 Å². The molecule has 2 aliphatic heterocycles. The third kappa shape index (κ3) is 7.27. The Morgan fingerprint density at radius 1 is 1.31 bits per heavy atom. The van der Waals surface area contributed by atoms with Crippen LogP contribution in [0, 0.1) is 5.92 Å². The molecule has 2 amide bonds. The standard InChI is InChI=1S/C25H33ClN8O3S2/c1-30-21(36)13(4-2-3-7-31-25(28)29)8-19(35)17-12-38-22(33-17)18-10-15(27)11-34(18)24(37)23-32-16-9-14(26)5-6-20(16)39-23/h5-6,9,12-13,15-16,18,20H,2-4,7-8,10-11,27H2,1H3,(H,30,36)(H4,28,29,31)/t13-,15-,16?,18+,20?/m1/s1. The number of guanidine groups is 1. The van der Waals surface area contributed by atoms with E-state index in [-0.39, 0.29) is 53.4 Å². The molecule has 1 aromatic rings. The van der Waals surface area contributed by atoms with Crippen molar-refractivity contribution >= 4 is 63.3 Å². The van der Waals surface area contributed by atoms with E-state index in [1.165, 1.54) is 23.1 Å². The monoisotopic (exact) mass is 592 g/mol. The molecule has 11 nitrogen and oxygen atoms in total. The highest BCUT2D eigenvalue weighted by molar-refractivity contribution is 8.16. The van der Waals surface area contributed by atoms with Crippen LogP contribution in [0.15, 0.2) is 38.6 Å². The highest BCUT2D eigenvalue weighted by atomic mass is 35.5. The number of fused-ring (bicyclic) bond motifs is 1. The maximum atomic E-state index is 13.5. The molecule has 3 aliphatic rings. The molecule has 2 unspecified atom stereocenters. The molecule has 7 N–H and O–H groups in total. The lowest BCUT2D eigenvalue weighted by Crippen LogP contribution is -2.36. The molecule has 210 valence electrons. The number of nitrogens with one attached hydrogen (secondary N) is 1. The van der Waals surface area contributed by atoms with Gasteiger partial charge in [0.2, 0.25) is 5.91 Å². The summed E-state index contributed by atoms with van der Waals surface area (Å²) in [7, 11) is 1.55. The predicted molar refractivity (Wildman–Crippen MR) is 156 cm³/mol. The number of thioether (sulfide) groups is 1. The first-order valence-corrected chi connectivity index (χ1v) is 14.9. The van der Waals surface area contributed by atoms with Gasteiger partial charge in [0.15, 0.2) is 16.8 Å². The molecule has 3 heterocycles. The van der Waals surface area contributed by atoms with Gasteiger partial charge in [-0.15, -0.1) is 11.3 Å². The summed E-state index contributed by atoms with van der Waals surface area (Å²) in [5.41, 5.74) is 17.2. The molecule has 39 heavy (non-hydrogen) atoms. The van der Waals surface area contributed by atoms with Crippen molar-refractivity contribution in [3.05, 3.63) is 39.3 Å². The Labute approximate surface area is 240 Å². The maximum absolute atomic E-state index is 13.5. The fourth-order valence-electron chi connectivity index (χ4n) is 4.82. The lowest BCUT2D eigenvalue weighted by atomic mass is 9.94. The van der Waals surface area contributed by atoms with Crippen molar-refractivity contribution in [2.75, 3.05) is 20.1 Å². The van der Waals surface area contributed by atoms with Gasteiger partial charge in [0.1, 0.15) is 10.7 Å². The number of nitrogens with zero attached hydrogens (tertiary/aromatic N) is 4. The zero-order chi connectivity index (χ0) is 28.1. The molecule has 1 aromatic heterocycles. The van der Waals surface area contributed by atoms with E-state index in [9.17, 15) is 14.4 Å². The number of aliphatic imine (C=N–C) groups is 2. The molecule has 5 atom stereocenters. The van der Waals surface area contributed by atoms with Crippen LogP contribution in [-0.2, 0) is 9.59 Å². The van der Waals surface area contributed by atoms with E-state index in [1.807, 2.05) is 18.2 Å². The molecular weight excluding hydrogens is 560 g/mol. The molecule has 0 radical (unpaired) electrons. The van der Waals surface area contributed by atoms with Crippen molar-refractivity contribution in [2.24, 2.45) is 33.1 Å². The molecule has 4 rings (SSSR count). The van der Waals surface area contributed by atoms with Gasteiger partial charge in [0.25, 0.3) is 5.91 Å². The summed E-state index contributed by atoms with van der Waals surface area (Å²) in [6, 6.07) is -0.711. The second kappa shape index (κ2) is 13.1. The van der Waals surface area contributed by atoms with Crippen LogP contribution in [-0.4, -0.2) is 76.0 Å². The Morgan fingerprint density at radius 3 is 2.85 bits per heavy atom. The molecule has 0 bridgehead atoms. The van der Waals surface area contributed by atoms with Gasteiger partial charge in [-0.2, -0.15) is 0 Å². The van der Waals surface area contributed by atoms with Crippen molar-refractivity contribution in [1.82, 2.24) is 15.2 Å². The van der Waals surface area contributed by atoms with Gasteiger partial charge in [-0.1, -0.05) is 35.9 Å². The summed E-state index contributed by atoms with van der Waals surface area (Å²) < 4.78 is 0. The number of unbranched alkanes of at least 4 members (excludes halogenated alkanes) is 1. The summed E-state index contributed by atoms with van der Waals surface area (Å²) in [5, 5.41) is 6.07. The van der Waals surface area contributed by atoms with Crippen molar-refractivity contribution < 1.29 is 14.4 Å². The quantitative estimate of drug-likeness (QED) is 0.129. The first kappa shape index (κ1) is 29.2. The van der Waals surface area contributed by atoms with E-state index in [2.05, 4.69) is 20.3 Å². The summed E-state index contributed by atoms with van der Waals surface area (Å²) in [6.07, 6.45) is 8.14. The predicted octanol–water partition coefficient (Wildman–Crippen LogP) is 1.70. The topological polar surface area (TPSA) is 182 Å². The average Bonchev–Trinajstić information content (AvgIpc) is 3.64. The van der Waals surface area contributed by atoms with Crippen LogP contribution >= 0.6 is 34.7 Å². The van der Waals surface area contributed by atoms with Crippen LogP contribution in [0.3, 0.4) is 0 Å².